The Bertz CT molecular complexity index is 767. The molecule has 1 saturated heterocycles. The van der Waals surface area contributed by atoms with E-state index in [9.17, 15) is 35.1 Å². The SMILES string of the molecule is COC(=O)C1=CO[C@@H](O[C@@H]2O[C@H](CO)[C@@H](O)[C@H](O)[C@H]2O)C2C(COC(=O)SC)=CC(O)C12. The molecule has 1 aliphatic carbocycles. The third-order valence-electron chi connectivity index (χ3n) is 5.61. The maximum atomic E-state index is 12.2. The minimum absolute atomic E-state index is 0.0288. The van der Waals surface area contributed by atoms with E-state index in [1.807, 2.05) is 0 Å². The lowest BCUT2D eigenvalue weighted by atomic mass is 9.82. The van der Waals surface area contributed by atoms with E-state index in [0.29, 0.717) is 5.57 Å². The van der Waals surface area contributed by atoms with Gasteiger partial charge in [-0.1, -0.05) is 6.08 Å². The first-order valence-electron chi connectivity index (χ1n) is 9.72. The lowest BCUT2D eigenvalue weighted by molar-refractivity contribution is -0.340. The van der Waals surface area contributed by atoms with Gasteiger partial charge >= 0.3 is 11.3 Å². The van der Waals surface area contributed by atoms with Gasteiger partial charge < -0.3 is 49.2 Å². The number of rotatable bonds is 6. The van der Waals surface area contributed by atoms with Gasteiger partial charge in [-0.25, -0.2) is 9.59 Å². The molecule has 32 heavy (non-hydrogen) atoms. The van der Waals surface area contributed by atoms with Crippen LogP contribution >= 0.6 is 11.8 Å². The summed E-state index contributed by atoms with van der Waals surface area (Å²) in [6, 6.07) is 0. The van der Waals surface area contributed by atoms with Crippen LogP contribution in [0.2, 0.25) is 0 Å². The van der Waals surface area contributed by atoms with Crippen molar-refractivity contribution in [2.45, 2.75) is 43.1 Å². The van der Waals surface area contributed by atoms with Crippen molar-refractivity contribution in [3.05, 3.63) is 23.5 Å². The lowest BCUT2D eigenvalue weighted by Gasteiger charge is -2.43. The second-order valence-electron chi connectivity index (χ2n) is 7.43. The number of hydrogen-bond donors (Lipinski definition) is 5. The molecular formula is C19H26O12S. The average molecular weight is 478 g/mol. The first kappa shape index (κ1) is 24.9. The van der Waals surface area contributed by atoms with Crippen molar-refractivity contribution < 1.29 is 58.8 Å². The van der Waals surface area contributed by atoms with Gasteiger partial charge in [-0.2, -0.15) is 0 Å². The van der Waals surface area contributed by atoms with Crippen molar-refractivity contribution >= 4 is 23.0 Å². The number of carbonyl (C=O) groups excluding carboxylic acids is 2. The number of methoxy groups -OCH3 is 1. The molecule has 5 N–H and O–H groups in total. The second kappa shape index (κ2) is 10.5. The number of thioether (sulfide) groups is 1. The molecule has 9 atom stereocenters. The Labute approximate surface area is 187 Å². The molecule has 0 aromatic heterocycles. The van der Waals surface area contributed by atoms with Crippen molar-refractivity contribution in [1.82, 2.24) is 0 Å². The largest absolute Gasteiger partial charge is 0.471 e. The van der Waals surface area contributed by atoms with Crippen molar-refractivity contribution in [1.29, 1.82) is 0 Å². The minimum Gasteiger partial charge on any atom is -0.471 e. The van der Waals surface area contributed by atoms with E-state index in [2.05, 4.69) is 0 Å². The maximum absolute atomic E-state index is 12.2. The number of esters is 1. The summed E-state index contributed by atoms with van der Waals surface area (Å²) in [6.45, 7) is -0.868. The van der Waals surface area contributed by atoms with Crippen molar-refractivity contribution in [3.63, 3.8) is 0 Å². The van der Waals surface area contributed by atoms with Gasteiger partial charge in [0, 0.05) is 5.92 Å². The van der Waals surface area contributed by atoms with Crippen LogP contribution in [0.4, 0.5) is 4.79 Å². The van der Waals surface area contributed by atoms with Crippen LogP contribution in [-0.4, -0.2) is 106 Å². The Balaban J connectivity index is 1.86. The summed E-state index contributed by atoms with van der Waals surface area (Å²) in [5.74, 6) is -2.44. The normalized spacial score (nSPS) is 38.8. The van der Waals surface area contributed by atoms with Crippen molar-refractivity contribution in [2.75, 3.05) is 26.6 Å². The number of aliphatic hydroxyl groups excluding tert-OH is 5. The van der Waals surface area contributed by atoms with E-state index in [0.717, 1.165) is 18.0 Å². The second-order valence-corrected chi connectivity index (χ2v) is 8.17. The predicted molar refractivity (Wildman–Crippen MR) is 106 cm³/mol. The van der Waals surface area contributed by atoms with Crippen LogP contribution in [-0.2, 0) is 28.5 Å². The number of aliphatic hydroxyl groups is 5. The van der Waals surface area contributed by atoms with Crippen molar-refractivity contribution in [3.8, 4) is 0 Å². The zero-order valence-electron chi connectivity index (χ0n) is 17.3. The fourth-order valence-corrected chi connectivity index (χ4v) is 4.16. The summed E-state index contributed by atoms with van der Waals surface area (Å²) in [6.07, 6.45) is -6.03. The minimum atomic E-state index is -1.69. The van der Waals surface area contributed by atoms with Gasteiger partial charge in [0.2, 0.25) is 6.29 Å². The highest BCUT2D eigenvalue weighted by Crippen LogP contribution is 2.45. The van der Waals surface area contributed by atoms with Gasteiger partial charge in [0.25, 0.3) is 0 Å². The van der Waals surface area contributed by atoms with Crippen LogP contribution in [0.3, 0.4) is 0 Å². The molecule has 0 bridgehead atoms. The zero-order valence-corrected chi connectivity index (χ0v) is 18.1. The third kappa shape index (κ3) is 4.79. The molecule has 2 heterocycles. The molecule has 0 aromatic carbocycles. The Morgan fingerprint density at radius 3 is 2.44 bits per heavy atom. The van der Waals surface area contributed by atoms with E-state index >= 15 is 0 Å². The first-order chi connectivity index (χ1) is 15.2. The quantitative estimate of drug-likeness (QED) is 0.214. The monoisotopic (exact) mass is 478 g/mol. The molecule has 0 amide bonds. The highest BCUT2D eigenvalue weighted by molar-refractivity contribution is 8.12. The van der Waals surface area contributed by atoms with E-state index in [1.54, 1.807) is 0 Å². The van der Waals surface area contributed by atoms with Crippen LogP contribution in [0.1, 0.15) is 0 Å². The topological polar surface area (TPSA) is 181 Å². The van der Waals surface area contributed by atoms with E-state index in [-0.39, 0.29) is 12.2 Å². The standard InChI is InChI=1S/C19H26O12S/c1-27-16(25)8-6-28-17(31-18-15(24)14(23)13(22)10(4-20)30-18)11-7(3-9(21)12(8)11)5-29-19(26)32-2/h3,6,9-15,17-18,20-24H,4-5H2,1-2H3/t9?,10-,11?,12?,13-,14+,15-,17+,18+/m1/s1. The number of hydrogen-bond acceptors (Lipinski definition) is 13. The van der Waals surface area contributed by atoms with Gasteiger partial charge in [0.05, 0.1) is 37.6 Å². The Hall–Kier alpha value is -1.71. The van der Waals surface area contributed by atoms with Gasteiger partial charge in [-0.15, -0.1) is 0 Å². The number of ether oxygens (including phenoxy) is 5. The number of carbonyl (C=O) groups is 2. The summed E-state index contributed by atoms with van der Waals surface area (Å²) in [4.78, 5) is 23.8. The summed E-state index contributed by atoms with van der Waals surface area (Å²) in [5, 5.41) is 49.6. The molecule has 3 rings (SSSR count). The fraction of sp³-hybridized carbons (Fsp3) is 0.684. The molecular weight excluding hydrogens is 452 g/mol. The van der Waals surface area contributed by atoms with Gasteiger partial charge in [-0.3, -0.25) is 0 Å². The third-order valence-corrected chi connectivity index (χ3v) is 6.06. The number of fused-ring (bicyclic) bond motifs is 1. The Morgan fingerprint density at radius 2 is 1.81 bits per heavy atom. The van der Waals surface area contributed by atoms with Crippen LogP contribution in [0.15, 0.2) is 23.5 Å². The summed E-state index contributed by atoms with van der Waals surface area (Å²) in [5.41, 5.74) is 0.426. The molecule has 0 radical (unpaired) electrons. The molecule has 1 fully saturated rings. The van der Waals surface area contributed by atoms with Crippen molar-refractivity contribution in [2.24, 2.45) is 11.8 Å². The first-order valence-corrected chi connectivity index (χ1v) is 10.9. The molecule has 0 saturated carbocycles. The molecule has 0 aromatic rings. The smallest absolute Gasteiger partial charge is 0.367 e. The highest BCUT2D eigenvalue weighted by Gasteiger charge is 2.52. The summed E-state index contributed by atoms with van der Waals surface area (Å²) in [7, 11) is 1.17. The molecule has 12 nitrogen and oxygen atoms in total. The van der Waals surface area contributed by atoms with Crippen LogP contribution in [0, 0.1) is 11.8 Å². The van der Waals surface area contributed by atoms with Gasteiger partial charge in [0.1, 0.15) is 31.0 Å². The average Bonchev–Trinajstić information content (AvgIpc) is 3.14. The predicted octanol–water partition coefficient (Wildman–Crippen LogP) is -1.75. The molecule has 0 spiro atoms. The van der Waals surface area contributed by atoms with E-state index in [1.165, 1.54) is 19.4 Å². The van der Waals surface area contributed by atoms with Crippen LogP contribution < -0.4 is 0 Å². The summed E-state index contributed by atoms with van der Waals surface area (Å²) >= 11 is 0.853. The van der Waals surface area contributed by atoms with E-state index < -0.39 is 72.8 Å². The Kier molecular flexibility index (Phi) is 8.16. The fourth-order valence-electron chi connectivity index (χ4n) is 3.98. The zero-order chi connectivity index (χ0) is 23.6. The Morgan fingerprint density at radius 1 is 1.09 bits per heavy atom. The van der Waals surface area contributed by atoms with Crippen LogP contribution in [0.5, 0.6) is 0 Å². The highest BCUT2D eigenvalue weighted by atomic mass is 32.2. The van der Waals surface area contributed by atoms with Crippen LogP contribution in [0.25, 0.3) is 0 Å². The maximum Gasteiger partial charge on any atom is 0.367 e. The van der Waals surface area contributed by atoms with Gasteiger partial charge in [-0.05, 0) is 23.6 Å². The van der Waals surface area contributed by atoms with E-state index in [4.69, 9.17) is 23.7 Å². The van der Waals surface area contributed by atoms with Gasteiger partial charge in [0.15, 0.2) is 6.29 Å². The summed E-state index contributed by atoms with van der Waals surface area (Å²) < 4.78 is 26.5. The molecule has 3 unspecified atom stereocenters. The molecule has 3 aliphatic rings. The molecule has 13 heteroatoms. The molecule has 180 valence electrons. The molecule has 2 aliphatic heterocycles. The lowest BCUT2D eigenvalue weighted by Crippen LogP contribution is -2.60.